The molecule has 6 nitrogen and oxygen atoms in total. The summed E-state index contributed by atoms with van der Waals surface area (Å²) in [5, 5.41) is 28.2. The smallest absolute Gasteiger partial charge is 0.219 e. The highest BCUT2D eigenvalue weighted by molar-refractivity contribution is 5.34. The quantitative estimate of drug-likeness (QED) is 0.690. The zero-order chi connectivity index (χ0) is 15.7. The maximum atomic E-state index is 13.9. The molecule has 3 N–H and O–H groups in total. The number of ether oxygens (including phenoxy) is 2. The lowest BCUT2D eigenvalue weighted by Crippen LogP contribution is -2.49. The van der Waals surface area contributed by atoms with Crippen LogP contribution in [-0.4, -0.2) is 51.5 Å². The lowest BCUT2D eigenvalue weighted by atomic mass is 10.0. The molecule has 2 heterocycles. The number of aromatic nitrogens is 1. The second-order valence-corrected chi connectivity index (χ2v) is 5.01. The molecule has 1 aliphatic heterocycles. The molecular weight excluding hydrogens is 288 g/mol. The molecule has 0 amide bonds. The summed E-state index contributed by atoms with van der Waals surface area (Å²) in [6.07, 6.45) is -4.88. The summed E-state index contributed by atoms with van der Waals surface area (Å²) >= 11 is 0. The van der Waals surface area contributed by atoms with Gasteiger partial charge in [-0.15, -0.1) is 0 Å². The van der Waals surface area contributed by atoms with Crippen LogP contribution in [0.15, 0.2) is 0 Å². The summed E-state index contributed by atoms with van der Waals surface area (Å²) in [7, 11) is 0. The number of aryl methyl sites for hydroxylation is 1. The number of hydrogen-bond acceptors (Lipinski definition) is 6. The van der Waals surface area contributed by atoms with Crippen molar-refractivity contribution in [3.8, 4) is 5.75 Å². The van der Waals surface area contributed by atoms with Gasteiger partial charge < -0.3 is 24.8 Å². The molecule has 1 aromatic heterocycles. The van der Waals surface area contributed by atoms with Crippen LogP contribution >= 0.6 is 0 Å². The summed E-state index contributed by atoms with van der Waals surface area (Å²) in [6, 6.07) is 0. The summed E-state index contributed by atoms with van der Waals surface area (Å²) < 4.78 is 37.6. The number of pyridine rings is 1. The average molecular weight is 305 g/mol. The Morgan fingerprint density at radius 3 is 2.57 bits per heavy atom. The fourth-order valence-corrected chi connectivity index (χ4v) is 2.09. The van der Waals surface area contributed by atoms with E-state index in [1.807, 2.05) is 0 Å². The molecule has 2 rings (SSSR count). The zero-order valence-electron chi connectivity index (χ0n) is 11.6. The van der Waals surface area contributed by atoms with Gasteiger partial charge in [0.05, 0.1) is 17.9 Å². The van der Waals surface area contributed by atoms with Crippen molar-refractivity contribution in [3.05, 3.63) is 23.0 Å². The maximum Gasteiger partial charge on any atom is 0.219 e. The third-order valence-corrected chi connectivity index (χ3v) is 3.37. The third-order valence-electron chi connectivity index (χ3n) is 3.37. The van der Waals surface area contributed by atoms with Gasteiger partial charge in [0.15, 0.2) is 17.9 Å². The van der Waals surface area contributed by atoms with Crippen LogP contribution in [0, 0.1) is 25.6 Å². The normalized spacial score (nSPS) is 29.5. The Kier molecular flexibility index (Phi) is 4.72. The largest absolute Gasteiger partial charge is 0.487 e. The Balaban J connectivity index is 2.07. The Labute approximate surface area is 120 Å². The molecule has 0 saturated carbocycles. The molecule has 1 aliphatic rings. The number of rotatable bonds is 3. The first-order valence-corrected chi connectivity index (χ1v) is 6.46. The van der Waals surface area contributed by atoms with E-state index < -0.39 is 36.4 Å². The third kappa shape index (κ3) is 3.29. The van der Waals surface area contributed by atoms with E-state index in [4.69, 9.17) is 9.47 Å². The first kappa shape index (κ1) is 16.0. The van der Waals surface area contributed by atoms with Gasteiger partial charge in [0.25, 0.3) is 0 Å². The van der Waals surface area contributed by atoms with Gasteiger partial charge >= 0.3 is 0 Å². The van der Waals surface area contributed by atoms with Crippen LogP contribution in [0.3, 0.4) is 0 Å². The summed E-state index contributed by atoms with van der Waals surface area (Å²) in [6.45, 7) is 2.43. The van der Waals surface area contributed by atoms with Gasteiger partial charge in [0, 0.05) is 12.0 Å². The fraction of sp³-hybridized carbons (Fsp3) is 0.615. The molecule has 4 atom stereocenters. The van der Waals surface area contributed by atoms with E-state index in [0.29, 0.717) is 0 Å². The molecule has 0 bridgehead atoms. The monoisotopic (exact) mass is 305 g/mol. The van der Waals surface area contributed by atoms with Crippen LogP contribution in [0.4, 0.5) is 8.78 Å². The van der Waals surface area contributed by atoms with Crippen molar-refractivity contribution in [3.63, 3.8) is 0 Å². The predicted molar refractivity (Wildman–Crippen MR) is 66.6 cm³/mol. The molecule has 0 aliphatic carbocycles. The van der Waals surface area contributed by atoms with E-state index in [2.05, 4.69) is 4.98 Å². The number of aliphatic hydroxyl groups is 3. The van der Waals surface area contributed by atoms with Gasteiger partial charge in [-0.25, -0.2) is 9.37 Å². The van der Waals surface area contributed by atoms with Crippen molar-refractivity contribution < 1.29 is 33.6 Å². The minimum Gasteiger partial charge on any atom is -0.487 e. The molecule has 0 radical (unpaired) electrons. The van der Waals surface area contributed by atoms with Crippen molar-refractivity contribution in [1.82, 2.24) is 4.98 Å². The lowest BCUT2D eigenvalue weighted by Gasteiger charge is -2.34. The first-order chi connectivity index (χ1) is 9.81. The van der Waals surface area contributed by atoms with E-state index in [0.717, 1.165) is 0 Å². The van der Waals surface area contributed by atoms with Crippen molar-refractivity contribution >= 4 is 0 Å². The summed E-state index contributed by atoms with van der Waals surface area (Å²) in [4.78, 5) is 3.40. The van der Waals surface area contributed by atoms with Crippen LogP contribution in [0.2, 0.25) is 0 Å². The highest BCUT2D eigenvalue weighted by Crippen LogP contribution is 2.27. The minimum atomic E-state index is -1.55. The number of hydrogen-bond donors (Lipinski definition) is 3. The van der Waals surface area contributed by atoms with E-state index in [9.17, 15) is 24.1 Å². The molecule has 8 heteroatoms. The topological polar surface area (TPSA) is 92.0 Å². The van der Waals surface area contributed by atoms with Crippen molar-refractivity contribution in [1.29, 1.82) is 0 Å². The number of halogens is 2. The van der Waals surface area contributed by atoms with Crippen LogP contribution in [0.1, 0.15) is 17.7 Å². The Hall–Kier alpha value is -1.35. The maximum absolute atomic E-state index is 13.9. The van der Waals surface area contributed by atoms with E-state index in [1.54, 1.807) is 0 Å². The standard InChI is InChI=1S/C13H17F2NO5/c1-5-11(9(14)6(2)16-12(5)15)20-4-7-3-8(17)10(18)13(19)21-7/h7-8,10,13,17-19H,3-4H2,1-2H3/t7-,8-,10-,13?/m0/s1. The SMILES string of the molecule is Cc1nc(F)c(C)c(OC[C@@H]2C[C@H](O)[C@H](O)C(O)O2)c1F. The highest BCUT2D eigenvalue weighted by atomic mass is 19.1. The molecule has 21 heavy (non-hydrogen) atoms. The molecule has 1 unspecified atom stereocenters. The van der Waals surface area contributed by atoms with Crippen LogP contribution < -0.4 is 4.74 Å². The second-order valence-electron chi connectivity index (χ2n) is 5.01. The highest BCUT2D eigenvalue weighted by Gasteiger charge is 2.36. The second kappa shape index (κ2) is 6.18. The Morgan fingerprint density at radius 2 is 1.95 bits per heavy atom. The molecule has 118 valence electrons. The van der Waals surface area contributed by atoms with Gasteiger partial charge in [-0.1, -0.05) is 0 Å². The van der Waals surface area contributed by atoms with Crippen molar-refractivity contribution in [2.45, 2.75) is 44.9 Å². The van der Waals surface area contributed by atoms with Crippen LogP contribution in [-0.2, 0) is 4.74 Å². The Bertz CT molecular complexity index is 490. The van der Waals surface area contributed by atoms with Gasteiger partial charge in [0.1, 0.15) is 12.7 Å². The molecule has 1 aromatic rings. The molecule has 1 fully saturated rings. The summed E-state index contributed by atoms with van der Waals surface area (Å²) in [5.74, 6) is -1.88. The Morgan fingerprint density at radius 1 is 1.29 bits per heavy atom. The number of nitrogens with zero attached hydrogens (tertiary/aromatic N) is 1. The summed E-state index contributed by atoms with van der Waals surface area (Å²) in [5.41, 5.74) is -0.205. The molecule has 0 aromatic carbocycles. The first-order valence-electron chi connectivity index (χ1n) is 6.46. The van der Waals surface area contributed by atoms with Crippen molar-refractivity contribution in [2.75, 3.05) is 6.61 Å². The van der Waals surface area contributed by atoms with Crippen molar-refractivity contribution in [2.24, 2.45) is 0 Å². The fourth-order valence-electron chi connectivity index (χ4n) is 2.09. The number of aliphatic hydroxyl groups excluding tert-OH is 3. The minimum absolute atomic E-state index is 0.00540. The van der Waals surface area contributed by atoms with Crippen LogP contribution in [0.25, 0.3) is 0 Å². The van der Waals surface area contributed by atoms with Crippen LogP contribution in [0.5, 0.6) is 5.75 Å². The lowest BCUT2D eigenvalue weighted by molar-refractivity contribution is -0.250. The van der Waals surface area contributed by atoms with Gasteiger partial charge in [0.2, 0.25) is 5.95 Å². The van der Waals surface area contributed by atoms with E-state index in [1.165, 1.54) is 13.8 Å². The van der Waals surface area contributed by atoms with E-state index >= 15 is 0 Å². The average Bonchev–Trinajstić information content (AvgIpc) is 2.42. The van der Waals surface area contributed by atoms with Gasteiger partial charge in [-0.2, -0.15) is 4.39 Å². The van der Waals surface area contributed by atoms with Gasteiger partial charge in [-0.3, -0.25) is 0 Å². The predicted octanol–water partition coefficient (Wildman–Crippen LogP) is 0.185. The molecule has 1 saturated heterocycles. The molecule has 0 spiro atoms. The molecular formula is C13H17F2NO5. The van der Waals surface area contributed by atoms with Gasteiger partial charge in [-0.05, 0) is 13.8 Å². The van der Waals surface area contributed by atoms with E-state index in [-0.39, 0.29) is 30.0 Å². The zero-order valence-corrected chi connectivity index (χ0v) is 11.6.